The fourth-order valence-corrected chi connectivity index (χ4v) is 2.38. The quantitative estimate of drug-likeness (QED) is 0.694. The predicted octanol–water partition coefficient (Wildman–Crippen LogP) is 3.19. The van der Waals surface area contributed by atoms with Crippen LogP contribution in [0.3, 0.4) is 0 Å². The summed E-state index contributed by atoms with van der Waals surface area (Å²) in [5.74, 6) is 0.331. The Morgan fingerprint density at radius 2 is 2.00 bits per heavy atom. The Morgan fingerprint density at radius 1 is 1.23 bits per heavy atom. The molecule has 5 nitrogen and oxygen atoms in total. The van der Waals surface area contributed by atoms with Gasteiger partial charge >= 0.3 is 5.97 Å². The third-order valence-corrected chi connectivity index (χ3v) is 3.40. The van der Waals surface area contributed by atoms with Gasteiger partial charge in [0.15, 0.2) is 5.69 Å². The summed E-state index contributed by atoms with van der Waals surface area (Å²) in [5.41, 5.74) is 2.80. The van der Waals surface area contributed by atoms with E-state index in [1.807, 2.05) is 47.0 Å². The summed E-state index contributed by atoms with van der Waals surface area (Å²) in [7, 11) is 1.62. The van der Waals surface area contributed by atoms with Crippen molar-refractivity contribution < 1.29 is 14.3 Å². The van der Waals surface area contributed by atoms with Crippen molar-refractivity contribution in [3.63, 3.8) is 0 Å². The van der Waals surface area contributed by atoms with Crippen LogP contribution >= 0.6 is 0 Å². The standard InChI is InChI=1S/C17H16N2O3/c1-3-22-17(20)15-16(12-6-8-14(21-2)9-7-12)19-10-4-5-13(19)11-18-15/h4-11H,3H2,1-2H3. The zero-order chi connectivity index (χ0) is 15.5. The first-order chi connectivity index (χ1) is 10.7. The molecular formula is C17H16N2O3. The van der Waals surface area contributed by atoms with Crippen LogP contribution in [0.5, 0.6) is 5.75 Å². The summed E-state index contributed by atoms with van der Waals surface area (Å²) in [6, 6.07) is 11.4. The van der Waals surface area contributed by atoms with Crippen molar-refractivity contribution in [2.75, 3.05) is 13.7 Å². The van der Waals surface area contributed by atoms with Crippen LogP contribution in [0.1, 0.15) is 17.4 Å². The van der Waals surface area contributed by atoms with Gasteiger partial charge < -0.3 is 13.9 Å². The lowest BCUT2D eigenvalue weighted by atomic mass is 10.1. The number of aromatic nitrogens is 2. The van der Waals surface area contributed by atoms with E-state index >= 15 is 0 Å². The van der Waals surface area contributed by atoms with Gasteiger partial charge in [0.2, 0.25) is 0 Å². The van der Waals surface area contributed by atoms with Crippen LogP contribution in [0.15, 0.2) is 48.8 Å². The van der Waals surface area contributed by atoms with Gasteiger partial charge in [0.05, 0.1) is 31.1 Å². The van der Waals surface area contributed by atoms with Crippen molar-refractivity contribution in [2.24, 2.45) is 0 Å². The smallest absolute Gasteiger partial charge is 0.359 e. The zero-order valence-corrected chi connectivity index (χ0v) is 12.4. The Kier molecular flexibility index (Phi) is 3.78. The SMILES string of the molecule is CCOC(=O)c1ncc2cccn2c1-c1ccc(OC)cc1. The normalized spacial score (nSPS) is 10.6. The first-order valence-corrected chi connectivity index (χ1v) is 7.02. The highest BCUT2D eigenvalue weighted by atomic mass is 16.5. The molecule has 0 aliphatic heterocycles. The number of hydrogen-bond donors (Lipinski definition) is 0. The second-order valence-electron chi connectivity index (χ2n) is 4.71. The van der Waals surface area contributed by atoms with E-state index < -0.39 is 5.97 Å². The summed E-state index contributed by atoms with van der Waals surface area (Å²) < 4.78 is 12.2. The molecule has 0 aliphatic rings. The highest BCUT2D eigenvalue weighted by molar-refractivity contribution is 5.95. The summed E-state index contributed by atoms with van der Waals surface area (Å²) in [6.45, 7) is 2.09. The van der Waals surface area contributed by atoms with Crippen molar-refractivity contribution in [3.8, 4) is 17.0 Å². The van der Waals surface area contributed by atoms with Gasteiger partial charge in [-0.2, -0.15) is 0 Å². The van der Waals surface area contributed by atoms with Gasteiger partial charge in [0.25, 0.3) is 0 Å². The van der Waals surface area contributed by atoms with Crippen LogP contribution in [0.2, 0.25) is 0 Å². The molecule has 0 saturated carbocycles. The second-order valence-corrected chi connectivity index (χ2v) is 4.71. The van der Waals surface area contributed by atoms with Gasteiger partial charge in [-0.05, 0) is 43.3 Å². The lowest BCUT2D eigenvalue weighted by molar-refractivity contribution is 0.0520. The van der Waals surface area contributed by atoms with Crippen molar-refractivity contribution in [1.29, 1.82) is 0 Å². The first kappa shape index (κ1) is 14.1. The molecule has 0 unspecified atom stereocenters. The molecule has 2 aromatic heterocycles. The molecule has 1 aromatic carbocycles. The fourth-order valence-electron chi connectivity index (χ4n) is 2.38. The number of methoxy groups -OCH3 is 1. The molecule has 0 spiro atoms. The third-order valence-electron chi connectivity index (χ3n) is 3.40. The highest BCUT2D eigenvalue weighted by Crippen LogP contribution is 2.26. The fraction of sp³-hybridized carbons (Fsp3) is 0.176. The van der Waals surface area contributed by atoms with E-state index in [4.69, 9.17) is 9.47 Å². The molecule has 0 aliphatic carbocycles. The molecule has 0 atom stereocenters. The lowest BCUT2D eigenvalue weighted by Gasteiger charge is -2.12. The zero-order valence-electron chi connectivity index (χ0n) is 12.4. The largest absolute Gasteiger partial charge is 0.497 e. The van der Waals surface area contributed by atoms with E-state index in [1.54, 1.807) is 20.2 Å². The summed E-state index contributed by atoms with van der Waals surface area (Å²) in [4.78, 5) is 16.5. The number of esters is 1. The van der Waals surface area contributed by atoms with Gasteiger partial charge in [-0.25, -0.2) is 9.78 Å². The summed E-state index contributed by atoms with van der Waals surface area (Å²) >= 11 is 0. The van der Waals surface area contributed by atoms with Crippen LogP contribution in [-0.4, -0.2) is 29.1 Å². The molecule has 3 aromatic rings. The van der Waals surface area contributed by atoms with Gasteiger partial charge in [-0.1, -0.05) is 0 Å². The number of nitrogens with zero attached hydrogens (tertiary/aromatic N) is 2. The van der Waals surface area contributed by atoms with Crippen LogP contribution in [0.25, 0.3) is 16.8 Å². The van der Waals surface area contributed by atoms with E-state index in [0.717, 1.165) is 16.8 Å². The van der Waals surface area contributed by atoms with Gasteiger partial charge in [-0.3, -0.25) is 0 Å². The molecule has 112 valence electrons. The lowest BCUT2D eigenvalue weighted by Crippen LogP contribution is -2.11. The third kappa shape index (κ3) is 2.41. The maximum absolute atomic E-state index is 12.2. The summed E-state index contributed by atoms with van der Waals surface area (Å²) in [6.07, 6.45) is 3.57. The molecule has 0 saturated heterocycles. The van der Waals surface area contributed by atoms with Crippen LogP contribution in [0.4, 0.5) is 0 Å². The Hall–Kier alpha value is -2.82. The molecule has 0 radical (unpaired) electrons. The number of carbonyl (C=O) groups excluding carboxylic acids is 1. The molecule has 0 amide bonds. The maximum Gasteiger partial charge on any atom is 0.359 e. The van der Waals surface area contributed by atoms with E-state index in [0.29, 0.717) is 18.0 Å². The van der Waals surface area contributed by atoms with Crippen molar-refractivity contribution in [1.82, 2.24) is 9.38 Å². The number of ether oxygens (including phenoxy) is 2. The Labute approximate surface area is 128 Å². The minimum atomic E-state index is -0.427. The van der Waals surface area contributed by atoms with Crippen molar-refractivity contribution >= 4 is 11.5 Å². The molecule has 0 bridgehead atoms. The second kappa shape index (κ2) is 5.89. The molecule has 2 heterocycles. The van der Waals surface area contributed by atoms with Gasteiger partial charge in [-0.15, -0.1) is 0 Å². The average Bonchev–Trinajstić information content (AvgIpc) is 3.03. The molecular weight excluding hydrogens is 280 g/mol. The van der Waals surface area contributed by atoms with Crippen LogP contribution in [-0.2, 0) is 4.74 Å². The number of carbonyl (C=O) groups is 1. The van der Waals surface area contributed by atoms with Crippen LogP contribution < -0.4 is 4.74 Å². The minimum Gasteiger partial charge on any atom is -0.497 e. The van der Waals surface area contributed by atoms with E-state index in [2.05, 4.69) is 4.98 Å². The molecule has 3 rings (SSSR count). The molecule has 5 heteroatoms. The number of hydrogen-bond acceptors (Lipinski definition) is 4. The average molecular weight is 296 g/mol. The van der Waals surface area contributed by atoms with Gasteiger partial charge in [0.1, 0.15) is 5.75 Å². The predicted molar refractivity (Wildman–Crippen MR) is 83.1 cm³/mol. The topological polar surface area (TPSA) is 52.8 Å². The monoisotopic (exact) mass is 296 g/mol. The Morgan fingerprint density at radius 3 is 2.68 bits per heavy atom. The number of rotatable bonds is 4. The van der Waals surface area contributed by atoms with E-state index in [-0.39, 0.29) is 0 Å². The first-order valence-electron chi connectivity index (χ1n) is 7.02. The minimum absolute atomic E-state index is 0.302. The van der Waals surface area contributed by atoms with Crippen molar-refractivity contribution in [3.05, 3.63) is 54.5 Å². The molecule has 22 heavy (non-hydrogen) atoms. The maximum atomic E-state index is 12.2. The van der Waals surface area contributed by atoms with Crippen LogP contribution in [0, 0.1) is 0 Å². The number of fused-ring (bicyclic) bond motifs is 1. The summed E-state index contributed by atoms with van der Waals surface area (Å²) in [5, 5.41) is 0. The number of benzene rings is 1. The molecule has 0 fully saturated rings. The Bertz CT molecular complexity index is 806. The van der Waals surface area contributed by atoms with E-state index in [9.17, 15) is 4.79 Å². The highest BCUT2D eigenvalue weighted by Gasteiger charge is 2.19. The molecule has 0 N–H and O–H groups in total. The van der Waals surface area contributed by atoms with E-state index in [1.165, 1.54) is 0 Å². The van der Waals surface area contributed by atoms with Gasteiger partial charge in [0, 0.05) is 11.8 Å². The van der Waals surface area contributed by atoms with Crippen molar-refractivity contribution in [2.45, 2.75) is 6.92 Å². The Balaban J connectivity index is 2.21.